The van der Waals surface area contributed by atoms with Crippen LogP contribution in [0.3, 0.4) is 0 Å². The summed E-state index contributed by atoms with van der Waals surface area (Å²) in [6.45, 7) is 11.7. The summed E-state index contributed by atoms with van der Waals surface area (Å²) in [6.07, 6.45) is 5.38. The van der Waals surface area contributed by atoms with Crippen LogP contribution < -0.4 is 15.1 Å². The van der Waals surface area contributed by atoms with Gasteiger partial charge in [0.1, 0.15) is 26.2 Å². The molecule has 0 unspecified atom stereocenters. The second kappa shape index (κ2) is 10.9. The summed E-state index contributed by atoms with van der Waals surface area (Å²) in [7, 11) is 0. The fraction of sp³-hybridized carbons (Fsp3) is 0.478. The average molecular weight is 398 g/mol. The number of rotatable bonds is 9. The molecule has 0 saturated carbocycles. The Balaban J connectivity index is 1.27. The third kappa shape index (κ3) is 7.15. The van der Waals surface area contributed by atoms with Gasteiger partial charge in [0, 0.05) is 18.8 Å². The topological polar surface area (TPSA) is 55.8 Å². The highest BCUT2D eigenvalue weighted by Crippen LogP contribution is 2.02. The number of nitrogens with one attached hydrogen (secondary N) is 3. The van der Waals surface area contributed by atoms with Crippen LogP contribution >= 0.6 is 0 Å². The van der Waals surface area contributed by atoms with E-state index in [0.717, 1.165) is 51.4 Å². The van der Waals surface area contributed by atoms with Gasteiger partial charge in [0.25, 0.3) is 5.91 Å². The standard InChI is InChI=1S/C23H33N5O/c1-20-18-21(2)28(25-20)13-7-11-24-23(29)19-27-16-14-26(15-17-27)12-6-10-22-8-4-3-5-9-22/h3-6,8-10,18H,7,11-17,19H2,1-2H3,(H,24,29)/p+2/b10-6+. The number of piperazine rings is 1. The lowest BCUT2D eigenvalue weighted by Crippen LogP contribution is -3.28. The van der Waals surface area contributed by atoms with Crippen molar-refractivity contribution in [3.8, 4) is 0 Å². The molecule has 0 atom stereocenters. The van der Waals surface area contributed by atoms with Gasteiger partial charge in [-0.05, 0) is 38.0 Å². The molecule has 6 nitrogen and oxygen atoms in total. The second-order valence-corrected chi connectivity index (χ2v) is 8.05. The van der Waals surface area contributed by atoms with Gasteiger partial charge in [-0.1, -0.05) is 36.4 Å². The summed E-state index contributed by atoms with van der Waals surface area (Å²) in [6, 6.07) is 12.5. The molecule has 0 radical (unpaired) electrons. The summed E-state index contributed by atoms with van der Waals surface area (Å²) in [4.78, 5) is 15.2. The fourth-order valence-electron chi connectivity index (χ4n) is 3.91. The summed E-state index contributed by atoms with van der Waals surface area (Å²) < 4.78 is 2.01. The Morgan fingerprint density at radius 1 is 1.14 bits per heavy atom. The molecule has 29 heavy (non-hydrogen) atoms. The van der Waals surface area contributed by atoms with Crippen molar-refractivity contribution in [2.24, 2.45) is 0 Å². The highest BCUT2D eigenvalue weighted by molar-refractivity contribution is 5.76. The van der Waals surface area contributed by atoms with Crippen LogP contribution in [0.1, 0.15) is 23.4 Å². The zero-order chi connectivity index (χ0) is 20.5. The number of carbonyl (C=O) groups excluding carboxylic acids is 1. The smallest absolute Gasteiger partial charge is 0.275 e. The fourth-order valence-corrected chi connectivity index (χ4v) is 3.91. The third-order valence-corrected chi connectivity index (χ3v) is 5.56. The van der Waals surface area contributed by atoms with Crippen LogP contribution in [-0.4, -0.2) is 61.5 Å². The molecule has 0 bridgehead atoms. The van der Waals surface area contributed by atoms with Gasteiger partial charge in [-0.15, -0.1) is 0 Å². The van der Waals surface area contributed by atoms with E-state index in [1.165, 1.54) is 16.2 Å². The Morgan fingerprint density at radius 3 is 2.55 bits per heavy atom. The number of carbonyl (C=O) groups is 1. The van der Waals surface area contributed by atoms with Gasteiger partial charge < -0.3 is 15.1 Å². The Bertz CT molecular complexity index is 791. The first kappa shape index (κ1) is 21.3. The van der Waals surface area contributed by atoms with E-state index in [-0.39, 0.29) is 5.91 Å². The molecule has 2 heterocycles. The summed E-state index contributed by atoms with van der Waals surface area (Å²) in [5.74, 6) is 0.167. The Kier molecular flexibility index (Phi) is 8.02. The number of aryl methyl sites for hydroxylation is 3. The number of hydrogen-bond donors (Lipinski definition) is 3. The van der Waals surface area contributed by atoms with Gasteiger partial charge in [-0.25, -0.2) is 0 Å². The van der Waals surface area contributed by atoms with E-state index in [1.54, 1.807) is 4.90 Å². The summed E-state index contributed by atoms with van der Waals surface area (Å²) in [5.41, 5.74) is 3.48. The number of quaternary nitrogens is 2. The molecule has 1 aliphatic heterocycles. The van der Waals surface area contributed by atoms with Crippen molar-refractivity contribution in [1.29, 1.82) is 0 Å². The minimum absolute atomic E-state index is 0.167. The Hall–Kier alpha value is -2.44. The zero-order valence-corrected chi connectivity index (χ0v) is 17.8. The van der Waals surface area contributed by atoms with E-state index in [1.807, 2.05) is 17.7 Å². The van der Waals surface area contributed by atoms with Crippen LogP contribution in [0.15, 0.2) is 42.5 Å². The Morgan fingerprint density at radius 2 is 1.86 bits per heavy atom. The second-order valence-electron chi connectivity index (χ2n) is 8.05. The maximum atomic E-state index is 12.2. The third-order valence-electron chi connectivity index (χ3n) is 5.56. The molecule has 1 aromatic carbocycles. The van der Waals surface area contributed by atoms with Crippen molar-refractivity contribution in [3.63, 3.8) is 0 Å². The van der Waals surface area contributed by atoms with Crippen LogP contribution in [-0.2, 0) is 11.3 Å². The lowest BCUT2D eigenvalue weighted by molar-refractivity contribution is -1.01. The number of benzene rings is 1. The first-order valence-corrected chi connectivity index (χ1v) is 10.8. The van der Waals surface area contributed by atoms with Gasteiger partial charge >= 0.3 is 0 Å². The molecule has 1 saturated heterocycles. The minimum atomic E-state index is 0.167. The van der Waals surface area contributed by atoms with E-state index in [2.05, 4.69) is 59.8 Å². The lowest BCUT2D eigenvalue weighted by atomic mass is 10.2. The van der Waals surface area contributed by atoms with E-state index < -0.39 is 0 Å². The quantitative estimate of drug-likeness (QED) is 0.500. The molecule has 1 amide bonds. The van der Waals surface area contributed by atoms with Gasteiger partial charge in [0.2, 0.25) is 0 Å². The molecule has 1 fully saturated rings. The summed E-state index contributed by atoms with van der Waals surface area (Å²) >= 11 is 0. The van der Waals surface area contributed by atoms with Crippen LogP contribution in [0.2, 0.25) is 0 Å². The molecule has 0 spiro atoms. The van der Waals surface area contributed by atoms with E-state index in [0.29, 0.717) is 13.1 Å². The molecular weight excluding hydrogens is 362 g/mol. The lowest BCUT2D eigenvalue weighted by Gasteiger charge is -2.28. The van der Waals surface area contributed by atoms with Crippen LogP contribution in [0.4, 0.5) is 0 Å². The van der Waals surface area contributed by atoms with Crippen molar-refractivity contribution in [1.82, 2.24) is 15.1 Å². The largest absolute Gasteiger partial charge is 0.351 e. The number of nitrogens with zero attached hydrogens (tertiary/aromatic N) is 2. The summed E-state index contributed by atoms with van der Waals surface area (Å²) in [5, 5.41) is 7.53. The normalized spacial score (nSPS) is 19.5. The molecule has 6 heteroatoms. The molecule has 1 aliphatic rings. The number of aromatic nitrogens is 2. The first-order chi connectivity index (χ1) is 14.1. The van der Waals surface area contributed by atoms with Crippen molar-refractivity contribution in [2.75, 3.05) is 45.8 Å². The van der Waals surface area contributed by atoms with Gasteiger partial charge in [0.15, 0.2) is 6.54 Å². The molecular formula is C23H35N5O+2. The van der Waals surface area contributed by atoms with E-state index in [4.69, 9.17) is 0 Å². The monoisotopic (exact) mass is 397 g/mol. The van der Waals surface area contributed by atoms with Gasteiger partial charge in [-0.3, -0.25) is 9.48 Å². The molecule has 156 valence electrons. The highest BCUT2D eigenvalue weighted by Gasteiger charge is 2.23. The predicted octanol–water partition coefficient (Wildman–Crippen LogP) is -0.497. The maximum Gasteiger partial charge on any atom is 0.275 e. The molecule has 0 aliphatic carbocycles. The van der Waals surface area contributed by atoms with Gasteiger partial charge in [0.05, 0.1) is 12.2 Å². The molecule has 2 aromatic rings. The number of hydrogen-bond acceptors (Lipinski definition) is 2. The average Bonchev–Trinajstić information content (AvgIpc) is 3.04. The van der Waals surface area contributed by atoms with Crippen molar-refractivity contribution >= 4 is 12.0 Å². The minimum Gasteiger partial charge on any atom is -0.351 e. The highest BCUT2D eigenvalue weighted by atomic mass is 16.2. The van der Waals surface area contributed by atoms with Crippen LogP contribution in [0, 0.1) is 13.8 Å². The van der Waals surface area contributed by atoms with Crippen molar-refractivity contribution in [2.45, 2.75) is 26.8 Å². The molecule has 1 aromatic heterocycles. The van der Waals surface area contributed by atoms with Crippen LogP contribution in [0.5, 0.6) is 0 Å². The molecule has 3 rings (SSSR count). The van der Waals surface area contributed by atoms with Crippen LogP contribution in [0.25, 0.3) is 6.08 Å². The Labute approximate surface area is 174 Å². The SMILES string of the molecule is Cc1cc(C)n(CCCNC(=O)C[NH+]2CC[NH+](C/C=C/c3ccccc3)CC2)n1. The van der Waals surface area contributed by atoms with Gasteiger partial charge in [-0.2, -0.15) is 5.10 Å². The first-order valence-electron chi connectivity index (χ1n) is 10.8. The van der Waals surface area contributed by atoms with Crippen molar-refractivity contribution in [3.05, 3.63) is 59.4 Å². The van der Waals surface area contributed by atoms with E-state index >= 15 is 0 Å². The zero-order valence-electron chi connectivity index (χ0n) is 17.8. The van der Waals surface area contributed by atoms with E-state index in [9.17, 15) is 4.79 Å². The predicted molar refractivity (Wildman–Crippen MR) is 116 cm³/mol. The van der Waals surface area contributed by atoms with Crippen molar-refractivity contribution < 1.29 is 14.6 Å². The number of amides is 1. The molecule has 3 N–H and O–H groups in total. The maximum absolute atomic E-state index is 12.2.